The van der Waals surface area contributed by atoms with Gasteiger partial charge < -0.3 is 5.73 Å². The molecule has 0 saturated carbocycles. The summed E-state index contributed by atoms with van der Waals surface area (Å²) >= 11 is 0. The third kappa shape index (κ3) is 2.43. The molecular weight excluding hydrogens is 254 g/mol. The van der Waals surface area contributed by atoms with Crippen LogP contribution in [-0.2, 0) is 16.4 Å². The van der Waals surface area contributed by atoms with Crippen molar-refractivity contribution in [1.82, 2.24) is 15.2 Å². The van der Waals surface area contributed by atoms with Crippen LogP contribution in [-0.4, -0.2) is 23.6 Å². The second-order valence-electron chi connectivity index (χ2n) is 3.62. The second-order valence-corrected chi connectivity index (χ2v) is 5.28. The van der Waals surface area contributed by atoms with Gasteiger partial charge in [-0.15, -0.1) is 0 Å². The molecule has 2 rings (SSSR count). The number of hydrogen-bond donors (Lipinski definition) is 3. The predicted octanol–water partition coefficient (Wildman–Crippen LogP) is 0.750. The number of sulfonamides is 1. The van der Waals surface area contributed by atoms with Crippen molar-refractivity contribution in [3.8, 4) is 0 Å². The quantitative estimate of drug-likeness (QED) is 0.756. The molecular formula is C10H13N5O2S. The molecule has 0 aromatic carbocycles. The Labute approximate surface area is 104 Å². The smallest absolute Gasteiger partial charge is 0.266 e. The number of anilines is 2. The van der Waals surface area contributed by atoms with Gasteiger partial charge in [-0.2, -0.15) is 5.10 Å². The van der Waals surface area contributed by atoms with E-state index in [9.17, 15) is 8.42 Å². The summed E-state index contributed by atoms with van der Waals surface area (Å²) in [6.45, 7) is 1.94. The Kier molecular flexibility index (Phi) is 3.19. The SMILES string of the molecule is CCc1cc(NS(=O)(=O)c2cccnc2N)n[nH]1. The molecule has 7 nitrogen and oxygen atoms in total. The zero-order valence-corrected chi connectivity index (χ0v) is 10.5. The number of nitrogens with one attached hydrogen (secondary N) is 2. The molecule has 0 aliphatic carbocycles. The zero-order chi connectivity index (χ0) is 13.2. The van der Waals surface area contributed by atoms with Crippen LogP contribution >= 0.6 is 0 Å². The lowest BCUT2D eigenvalue weighted by Gasteiger charge is -2.06. The molecule has 8 heteroatoms. The largest absolute Gasteiger partial charge is 0.383 e. The van der Waals surface area contributed by atoms with E-state index in [1.165, 1.54) is 18.3 Å². The molecule has 0 spiro atoms. The molecule has 2 aromatic rings. The van der Waals surface area contributed by atoms with Crippen molar-refractivity contribution < 1.29 is 8.42 Å². The summed E-state index contributed by atoms with van der Waals surface area (Å²) in [5, 5.41) is 6.57. The van der Waals surface area contributed by atoms with E-state index in [-0.39, 0.29) is 16.5 Å². The van der Waals surface area contributed by atoms with E-state index in [1.807, 2.05) is 6.92 Å². The molecule has 2 heterocycles. The molecule has 0 aliphatic rings. The Balaban J connectivity index is 2.30. The highest BCUT2D eigenvalue weighted by Gasteiger charge is 2.19. The van der Waals surface area contributed by atoms with E-state index in [2.05, 4.69) is 19.9 Å². The van der Waals surface area contributed by atoms with Crippen molar-refractivity contribution in [3.63, 3.8) is 0 Å². The van der Waals surface area contributed by atoms with Crippen LogP contribution in [0.3, 0.4) is 0 Å². The second kappa shape index (κ2) is 4.65. The van der Waals surface area contributed by atoms with Gasteiger partial charge in [-0.1, -0.05) is 6.92 Å². The van der Waals surface area contributed by atoms with Gasteiger partial charge in [0, 0.05) is 18.0 Å². The highest BCUT2D eigenvalue weighted by Crippen LogP contribution is 2.18. The summed E-state index contributed by atoms with van der Waals surface area (Å²) in [5.74, 6) is 0.186. The summed E-state index contributed by atoms with van der Waals surface area (Å²) < 4.78 is 26.4. The van der Waals surface area contributed by atoms with Gasteiger partial charge in [0.05, 0.1) is 0 Å². The molecule has 0 bridgehead atoms. The van der Waals surface area contributed by atoms with Crippen molar-refractivity contribution in [2.75, 3.05) is 10.5 Å². The van der Waals surface area contributed by atoms with Gasteiger partial charge in [0.2, 0.25) is 0 Å². The monoisotopic (exact) mass is 267 g/mol. The molecule has 0 atom stereocenters. The molecule has 2 aromatic heterocycles. The Morgan fingerprint density at radius 2 is 2.28 bits per heavy atom. The number of nitrogens with zero attached hydrogens (tertiary/aromatic N) is 2. The summed E-state index contributed by atoms with van der Waals surface area (Å²) in [6.07, 6.45) is 2.17. The fraction of sp³-hybridized carbons (Fsp3) is 0.200. The summed E-state index contributed by atoms with van der Waals surface area (Å²) in [4.78, 5) is 3.67. The fourth-order valence-electron chi connectivity index (χ4n) is 1.42. The molecule has 0 aliphatic heterocycles. The maximum atomic E-state index is 12.0. The van der Waals surface area contributed by atoms with Crippen LogP contribution in [0, 0.1) is 0 Å². The number of H-pyrrole nitrogens is 1. The topological polar surface area (TPSA) is 114 Å². The number of hydrogen-bond acceptors (Lipinski definition) is 5. The lowest BCUT2D eigenvalue weighted by molar-refractivity contribution is 0.601. The molecule has 0 amide bonds. The number of pyridine rings is 1. The Hall–Kier alpha value is -2.09. The van der Waals surface area contributed by atoms with Crippen molar-refractivity contribution in [2.24, 2.45) is 0 Å². The van der Waals surface area contributed by atoms with Crippen LogP contribution in [0.2, 0.25) is 0 Å². The lowest BCUT2D eigenvalue weighted by Crippen LogP contribution is -2.15. The van der Waals surface area contributed by atoms with E-state index in [0.717, 1.165) is 12.1 Å². The van der Waals surface area contributed by atoms with Crippen LogP contribution in [0.25, 0.3) is 0 Å². The molecule has 0 unspecified atom stereocenters. The van der Waals surface area contributed by atoms with E-state index >= 15 is 0 Å². The predicted molar refractivity (Wildman–Crippen MR) is 67.4 cm³/mol. The average Bonchev–Trinajstić information content (AvgIpc) is 2.76. The van der Waals surface area contributed by atoms with Crippen LogP contribution in [0.4, 0.5) is 11.6 Å². The van der Waals surface area contributed by atoms with Gasteiger partial charge in [-0.25, -0.2) is 13.4 Å². The van der Waals surface area contributed by atoms with Crippen molar-refractivity contribution >= 4 is 21.7 Å². The minimum Gasteiger partial charge on any atom is -0.383 e. The average molecular weight is 267 g/mol. The summed E-state index contributed by atoms with van der Waals surface area (Å²) in [6, 6.07) is 4.52. The number of aromatic nitrogens is 3. The zero-order valence-electron chi connectivity index (χ0n) is 9.71. The van der Waals surface area contributed by atoms with Crippen LogP contribution in [0.1, 0.15) is 12.6 Å². The highest BCUT2D eigenvalue weighted by atomic mass is 32.2. The minimum absolute atomic E-state index is 0.0451. The van der Waals surface area contributed by atoms with Gasteiger partial charge >= 0.3 is 0 Å². The standard InChI is InChI=1S/C10H13N5O2S/c1-2-7-6-9(14-13-7)15-18(16,17)8-4-3-5-12-10(8)11/h3-6H,2H2,1H3,(H2,11,12)(H2,13,14,15). The first-order chi connectivity index (χ1) is 8.53. The molecule has 4 N–H and O–H groups in total. The maximum absolute atomic E-state index is 12.0. The number of nitrogens with two attached hydrogens (primary N) is 1. The number of nitrogen functional groups attached to an aromatic ring is 1. The number of aryl methyl sites for hydroxylation is 1. The fourth-order valence-corrected chi connectivity index (χ4v) is 2.49. The van der Waals surface area contributed by atoms with E-state index < -0.39 is 10.0 Å². The van der Waals surface area contributed by atoms with Gasteiger partial charge in [-0.05, 0) is 18.6 Å². The summed E-state index contributed by atoms with van der Waals surface area (Å²) in [7, 11) is -3.76. The van der Waals surface area contributed by atoms with Crippen molar-refractivity contribution in [1.29, 1.82) is 0 Å². The molecule has 18 heavy (non-hydrogen) atoms. The number of rotatable bonds is 4. The normalized spacial score (nSPS) is 11.4. The van der Waals surface area contributed by atoms with Crippen molar-refractivity contribution in [3.05, 3.63) is 30.1 Å². The molecule has 0 fully saturated rings. The Bertz CT molecular complexity index is 650. The summed E-state index contributed by atoms with van der Waals surface area (Å²) in [5.41, 5.74) is 6.37. The van der Waals surface area contributed by atoms with Crippen LogP contribution < -0.4 is 10.5 Å². The first-order valence-corrected chi connectivity index (χ1v) is 6.79. The lowest BCUT2D eigenvalue weighted by atomic mass is 10.3. The van der Waals surface area contributed by atoms with Gasteiger partial charge in [-0.3, -0.25) is 9.82 Å². The van der Waals surface area contributed by atoms with Gasteiger partial charge in [0.25, 0.3) is 10.0 Å². The third-order valence-electron chi connectivity index (χ3n) is 2.34. The Morgan fingerprint density at radius 3 is 2.89 bits per heavy atom. The highest BCUT2D eigenvalue weighted by molar-refractivity contribution is 7.92. The minimum atomic E-state index is -3.76. The number of aromatic amines is 1. The van der Waals surface area contributed by atoms with Gasteiger partial charge in [0.15, 0.2) is 5.82 Å². The van der Waals surface area contributed by atoms with Crippen LogP contribution in [0.15, 0.2) is 29.3 Å². The first kappa shape index (κ1) is 12.4. The van der Waals surface area contributed by atoms with E-state index in [1.54, 1.807) is 6.07 Å². The Morgan fingerprint density at radius 1 is 1.50 bits per heavy atom. The molecule has 96 valence electrons. The van der Waals surface area contributed by atoms with Crippen molar-refractivity contribution in [2.45, 2.75) is 18.2 Å². The first-order valence-electron chi connectivity index (χ1n) is 5.30. The van der Waals surface area contributed by atoms with E-state index in [4.69, 9.17) is 5.73 Å². The van der Waals surface area contributed by atoms with Crippen LogP contribution in [0.5, 0.6) is 0 Å². The van der Waals surface area contributed by atoms with E-state index in [0.29, 0.717) is 0 Å². The maximum Gasteiger partial charge on any atom is 0.266 e. The molecule has 0 saturated heterocycles. The third-order valence-corrected chi connectivity index (χ3v) is 3.74. The van der Waals surface area contributed by atoms with Gasteiger partial charge in [0.1, 0.15) is 10.7 Å². The molecule has 0 radical (unpaired) electrons.